The standard InChI is InChI=1S/C18H27BrN2O/c1-14(2-3-15-4-7-17(19)8-5-15)21-18(22)9-6-16-10-12-20-13-11-16/h4-5,7-8,14,16,20H,2-3,6,9-13H2,1H3,(H,21,22). The van der Waals surface area contributed by atoms with Gasteiger partial charge in [0.05, 0.1) is 0 Å². The van der Waals surface area contributed by atoms with Gasteiger partial charge in [0.15, 0.2) is 0 Å². The summed E-state index contributed by atoms with van der Waals surface area (Å²) in [6, 6.07) is 8.64. The Morgan fingerprint density at radius 3 is 2.68 bits per heavy atom. The van der Waals surface area contributed by atoms with Crippen molar-refractivity contribution in [1.82, 2.24) is 10.6 Å². The van der Waals surface area contributed by atoms with Crippen molar-refractivity contribution in [1.29, 1.82) is 0 Å². The van der Waals surface area contributed by atoms with E-state index in [1.54, 1.807) is 0 Å². The molecule has 0 aliphatic carbocycles. The Hall–Kier alpha value is -0.870. The highest BCUT2D eigenvalue weighted by Gasteiger charge is 2.15. The molecule has 2 N–H and O–H groups in total. The second-order valence-corrected chi connectivity index (χ2v) is 7.28. The maximum Gasteiger partial charge on any atom is 0.220 e. The summed E-state index contributed by atoms with van der Waals surface area (Å²) >= 11 is 3.45. The van der Waals surface area contributed by atoms with Crippen LogP contribution < -0.4 is 10.6 Å². The summed E-state index contributed by atoms with van der Waals surface area (Å²) in [5, 5.41) is 6.50. The molecule has 2 rings (SSSR count). The van der Waals surface area contributed by atoms with Gasteiger partial charge >= 0.3 is 0 Å². The second-order valence-electron chi connectivity index (χ2n) is 6.37. The van der Waals surface area contributed by atoms with Crippen LogP contribution in [-0.4, -0.2) is 25.0 Å². The Morgan fingerprint density at radius 2 is 2.00 bits per heavy atom. The molecule has 1 aromatic carbocycles. The number of piperidine rings is 1. The van der Waals surface area contributed by atoms with E-state index < -0.39 is 0 Å². The Kier molecular flexibility index (Phi) is 7.40. The van der Waals surface area contributed by atoms with Gasteiger partial charge in [-0.2, -0.15) is 0 Å². The lowest BCUT2D eigenvalue weighted by molar-refractivity contribution is -0.122. The minimum absolute atomic E-state index is 0.210. The average molecular weight is 367 g/mol. The van der Waals surface area contributed by atoms with Crippen molar-refractivity contribution >= 4 is 21.8 Å². The summed E-state index contributed by atoms with van der Waals surface area (Å²) in [7, 11) is 0. The number of nitrogens with one attached hydrogen (secondary N) is 2. The third-order valence-corrected chi connectivity index (χ3v) is 4.95. The fraction of sp³-hybridized carbons (Fsp3) is 0.611. The number of benzene rings is 1. The van der Waals surface area contributed by atoms with E-state index in [1.165, 1.54) is 18.4 Å². The predicted octanol–water partition coefficient (Wildman–Crippen LogP) is 3.67. The first-order chi connectivity index (χ1) is 10.6. The highest BCUT2D eigenvalue weighted by Crippen LogP contribution is 2.17. The summed E-state index contributed by atoms with van der Waals surface area (Å²) in [4.78, 5) is 12.0. The Labute approximate surface area is 142 Å². The number of carbonyl (C=O) groups is 1. The molecule has 1 unspecified atom stereocenters. The summed E-state index contributed by atoms with van der Waals surface area (Å²) in [5.41, 5.74) is 1.32. The molecule has 1 heterocycles. The normalized spacial score (nSPS) is 17.2. The molecular formula is C18H27BrN2O. The topological polar surface area (TPSA) is 41.1 Å². The molecule has 0 spiro atoms. The van der Waals surface area contributed by atoms with Gasteiger partial charge in [-0.15, -0.1) is 0 Å². The molecule has 1 atom stereocenters. The first-order valence-corrected chi connectivity index (χ1v) is 9.17. The van der Waals surface area contributed by atoms with E-state index in [0.717, 1.165) is 42.7 Å². The maximum atomic E-state index is 12.0. The SMILES string of the molecule is CC(CCc1ccc(Br)cc1)NC(=O)CCC1CCNCC1. The van der Waals surface area contributed by atoms with Crippen LogP contribution in [0, 0.1) is 5.92 Å². The molecule has 122 valence electrons. The minimum Gasteiger partial charge on any atom is -0.354 e. The van der Waals surface area contributed by atoms with Gasteiger partial charge in [0.25, 0.3) is 0 Å². The number of aryl methyl sites for hydroxylation is 1. The molecule has 0 radical (unpaired) electrons. The second kappa shape index (κ2) is 9.31. The lowest BCUT2D eigenvalue weighted by Crippen LogP contribution is -2.34. The summed E-state index contributed by atoms with van der Waals surface area (Å²) in [6.07, 6.45) is 6.13. The highest BCUT2D eigenvalue weighted by molar-refractivity contribution is 9.10. The summed E-state index contributed by atoms with van der Waals surface area (Å²) < 4.78 is 1.11. The van der Waals surface area contributed by atoms with Crippen molar-refractivity contribution in [2.24, 2.45) is 5.92 Å². The van der Waals surface area contributed by atoms with E-state index in [-0.39, 0.29) is 11.9 Å². The number of amides is 1. The molecule has 1 aliphatic rings. The largest absolute Gasteiger partial charge is 0.354 e. The lowest BCUT2D eigenvalue weighted by atomic mass is 9.93. The number of hydrogen-bond donors (Lipinski definition) is 2. The fourth-order valence-electron chi connectivity index (χ4n) is 2.96. The van der Waals surface area contributed by atoms with E-state index in [9.17, 15) is 4.79 Å². The lowest BCUT2D eigenvalue weighted by Gasteiger charge is -2.22. The Morgan fingerprint density at radius 1 is 1.32 bits per heavy atom. The Bertz CT molecular complexity index is 455. The molecule has 1 amide bonds. The van der Waals surface area contributed by atoms with Crippen molar-refractivity contribution < 1.29 is 4.79 Å². The van der Waals surface area contributed by atoms with E-state index in [0.29, 0.717) is 6.42 Å². The molecule has 1 aromatic rings. The van der Waals surface area contributed by atoms with Crippen LogP contribution in [0.2, 0.25) is 0 Å². The third-order valence-electron chi connectivity index (χ3n) is 4.43. The molecule has 1 fully saturated rings. The first-order valence-electron chi connectivity index (χ1n) is 8.38. The molecule has 1 aliphatic heterocycles. The van der Waals surface area contributed by atoms with Crippen LogP contribution in [0.3, 0.4) is 0 Å². The molecule has 3 nitrogen and oxygen atoms in total. The summed E-state index contributed by atoms with van der Waals surface area (Å²) in [6.45, 7) is 4.31. The molecule has 0 saturated carbocycles. The quantitative estimate of drug-likeness (QED) is 0.772. The zero-order valence-electron chi connectivity index (χ0n) is 13.4. The monoisotopic (exact) mass is 366 g/mol. The number of rotatable bonds is 7. The number of carbonyl (C=O) groups excluding carboxylic acids is 1. The average Bonchev–Trinajstić information content (AvgIpc) is 2.53. The molecule has 0 aromatic heterocycles. The molecular weight excluding hydrogens is 340 g/mol. The van der Waals surface area contributed by atoms with Gasteiger partial charge in [-0.1, -0.05) is 28.1 Å². The van der Waals surface area contributed by atoms with Gasteiger partial charge in [0, 0.05) is 16.9 Å². The van der Waals surface area contributed by atoms with Crippen LogP contribution in [0.4, 0.5) is 0 Å². The van der Waals surface area contributed by atoms with E-state index >= 15 is 0 Å². The van der Waals surface area contributed by atoms with Crippen LogP contribution >= 0.6 is 15.9 Å². The van der Waals surface area contributed by atoms with E-state index in [2.05, 4.69) is 57.8 Å². The predicted molar refractivity (Wildman–Crippen MR) is 94.9 cm³/mol. The van der Waals surface area contributed by atoms with Crippen molar-refractivity contribution in [3.8, 4) is 0 Å². The van der Waals surface area contributed by atoms with Crippen molar-refractivity contribution in [2.75, 3.05) is 13.1 Å². The van der Waals surface area contributed by atoms with Gasteiger partial charge in [-0.05, 0) is 75.7 Å². The van der Waals surface area contributed by atoms with Gasteiger partial charge in [-0.3, -0.25) is 4.79 Å². The van der Waals surface area contributed by atoms with Crippen molar-refractivity contribution in [2.45, 2.75) is 51.5 Å². The fourth-order valence-corrected chi connectivity index (χ4v) is 3.22. The maximum absolute atomic E-state index is 12.0. The van der Waals surface area contributed by atoms with Gasteiger partial charge in [-0.25, -0.2) is 0 Å². The minimum atomic E-state index is 0.210. The molecule has 22 heavy (non-hydrogen) atoms. The molecule has 4 heteroatoms. The zero-order valence-corrected chi connectivity index (χ0v) is 15.0. The smallest absolute Gasteiger partial charge is 0.220 e. The summed E-state index contributed by atoms with van der Waals surface area (Å²) in [5.74, 6) is 0.937. The van der Waals surface area contributed by atoms with Gasteiger partial charge in [0.1, 0.15) is 0 Å². The highest BCUT2D eigenvalue weighted by atomic mass is 79.9. The van der Waals surface area contributed by atoms with Crippen LogP contribution in [0.15, 0.2) is 28.7 Å². The van der Waals surface area contributed by atoms with Crippen LogP contribution in [0.25, 0.3) is 0 Å². The van der Waals surface area contributed by atoms with Gasteiger partial charge < -0.3 is 10.6 Å². The van der Waals surface area contributed by atoms with Crippen LogP contribution in [0.1, 0.15) is 44.6 Å². The first kappa shape index (κ1) is 17.5. The van der Waals surface area contributed by atoms with Gasteiger partial charge in [0.2, 0.25) is 5.91 Å². The third kappa shape index (κ3) is 6.49. The molecule has 1 saturated heterocycles. The van der Waals surface area contributed by atoms with Crippen molar-refractivity contribution in [3.05, 3.63) is 34.3 Å². The van der Waals surface area contributed by atoms with E-state index in [4.69, 9.17) is 0 Å². The number of halogens is 1. The van der Waals surface area contributed by atoms with Crippen molar-refractivity contribution in [3.63, 3.8) is 0 Å². The number of hydrogen-bond acceptors (Lipinski definition) is 2. The van der Waals surface area contributed by atoms with Crippen LogP contribution in [-0.2, 0) is 11.2 Å². The van der Waals surface area contributed by atoms with E-state index in [1.807, 2.05) is 0 Å². The zero-order chi connectivity index (χ0) is 15.8. The molecule has 0 bridgehead atoms. The van der Waals surface area contributed by atoms with Crippen LogP contribution in [0.5, 0.6) is 0 Å². The Balaban J connectivity index is 1.62.